The summed E-state index contributed by atoms with van der Waals surface area (Å²) in [6.07, 6.45) is 2.21. The van der Waals surface area contributed by atoms with E-state index in [2.05, 4.69) is 45.0 Å². The van der Waals surface area contributed by atoms with Gasteiger partial charge in [-0.25, -0.2) is 4.99 Å². The van der Waals surface area contributed by atoms with E-state index in [-0.39, 0.29) is 6.79 Å². The largest absolute Gasteiger partial charge is 0.492 e. The second-order valence-electron chi connectivity index (χ2n) is 6.98. The maximum Gasteiger partial charge on any atom is 0.231 e. The van der Waals surface area contributed by atoms with Gasteiger partial charge in [0.2, 0.25) is 6.79 Å². The maximum absolute atomic E-state index is 5.80. The monoisotopic (exact) mass is 416 g/mol. The van der Waals surface area contributed by atoms with Crippen LogP contribution in [-0.4, -0.2) is 51.6 Å². The van der Waals surface area contributed by atoms with Gasteiger partial charge in [0.25, 0.3) is 0 Å². The molecule has 0 unspecified atom stereocenters. The minimum absolute atomic E-state index is 0.271. The number of fused-ring (bicyclic) bond motifs is 1. The summed E-state index contributed by atoms with van der Waals surface area (Å²) in [6, 6.07) is 10.4. The van der Waals surface area contributed by atoms with E-state index in [0.29, 0.717) is 19.2 Å². The molecule has 0 bridgehead atoms. The molecule has 4 rings (SSSR count). The van der Waals surface area contributed by atoms with E-state index in [1.165, 1.54) is 5.00 Å². The number of nitrogens with zero attached hydrogens (tertiary/aromatic N) is 2. The van der Waals surface area contributed by atoms with E-state index < -0.39 is 0 Å². The zero-order valence-corrected chi connectivity index (χ0v) is 17.5. The molecule has 1 aromatic heterocycles. The molecule has 2 aliphatic rings. The number of guanidine groups is 1. The van der Waals surface area contributed by atoms with Crippen molar-refractivity contribution in [2.75, 3.05) is 44.5 Å². The molecule has 2 aromatic rings. The fraction of sp³-hybridized carbons (Fsp3) is 0.476. The lowest BCUT2D eigenvalue weighted by molar-refractivity contribution is 0.173. The number of aliphatic imine (C=N–C) groups is 1. The van der Waals surface area contributed by atoms with Gasteiger partial charge in [0.1, 0.15) is 12.4 Å². The summed E-state index contributed by atoms with van der Waals surface area (Å²) < 4.78 is 16.5. The Balaban J connectivity index is 1.22. The van der Waals surface area contributed by atoms with Crippen molar-refractivity contribution in [2.45, 2.75) is 25.8 Å². The van der Waals surface area contributed by atoms with Crippen LogP contribution in [0.25, 0.3) is 0 Å². The molecule has 0 atom stereocenters. The van der Waals surface area contributed by atoms with E-state index in [9.17, 15) is 0 Å². The zero-order valence-electron chi connectivity index (χ0n) is 16.7. The standard InChI is InChI=1S/C21H28N4O3S/c1-2-22-21(24-16-7-10-25(11-8-16)20-4-3-13-29-20)23-9-12-26-17-5-6-18-19(14-17)28-15-27-18/h3-6,13-14,16H,2,7-12,15H2,1H3,(H2,22,23,24). The van der Waals surface area contributed by atoms with Crippen molar-refractivity contribution < 1.29 is 14.2 Å². The zero-order chi connectivity index (χ0) is 19.9. The first-order valence-corrected chi connectivity index (χ1v) is 11.1. The Labute approximate surface area is 175 Å². The third-order valence-corrected chi connectivity index (χ3v) is 5.90. The summed E-state index contributed by atoms with van der Waals surface area (Å²) in [4.78, 5) is 7.13. The molecule has 0 amide bonds. The summed E-state index contributed by atoms with van der Waals surface area (Å²) in [5.74, 6) is 3.12. The molecule has 3 heterocycles. The second kappa shape index (κ2) is 9.73. The first-order chi connectivity index (χ1) is 14.3. The lowest BCUT2D eigenvalue weighted by atomic mass is 10.1. The number of benzene rings is 1. The Morgan fingerprint density at radius 2 is 2.10 bits per heavy atom. The Morgan fingerprint density at radius 1 is 1.24 bits per heavy atom. The van der Waals surface area contributed by atoms with Crippen LogP contribution in [0.5, 0.6) is 17.2 Å². The average molecular weight is 417 g/mol. The van der Waals surface area contributed by atoms with Crippen molar-refractivity contribution in [3.05, 3.63) is 35.7 Å². The molecule has 1 fully saturated rings. The number of rotatable bonds is 7. The lowest BCUT2D eigenvalue weighted by Gasteiger charge is -2.33. The fourth-order valence-electron chi connectivity index (χ4n) is 3.49. The van der Waals surface area contributed by atoms with Gasteiger partial charge in [-0.15, -0.1) is 11.3 Å². The molecule has 0 aliphatic carbocycles. The molecule has 8 heteroatoms. The summed E-state index contributed by atoms with van der Waals surface area (Å²) in [5, 5.41) is 10.4. The molecule has 2 aliphatic heterocycles. The molecule has 0 radical (unpaired) electrons. The van der Waals surface area contributed by atoms with Crippen LogP contribution in [0.15, 0.2) is 40.7 Å². The summed E-state index contributed by atoms with van der Waals surface area (Å²) in [5.41, 5.74) is 0. The highest BCUT2D eigenvalue weighted by Crippen LogP contribution is 2.35. The van der Waals surface area contributed by atoms with Crippen molar-refractivity contribution in [3.8, 4) is 17.2 Å². The highest BCUT2D eigenvalue weighted by Gasteiger charge is 2.20. The van der Waals surface area contributed by atoms with Crippen LogP contribution in [0.3, 0.4) is 0 Å². The van der Waals surface area contributed by atoms with Crippen LogP contribution >= 0.6 is 11.3 Å². The fourth-order valence-corrected chi connectivity index (χ4v) is 4.28. The SMILES string of the molecule is CCNC(=NCCOc1ccc2c(c1)OCO2)NC1CCN(c2cccs2)CC1. The highest BCUT2D eigenvalue weighted by atomic mass is 32.1. The summed E-state index contributed by atoms with van der Waals surface area (Å²) in [6.45, 7) is 6.43. The summed E-state index contributed by atoms with van der Waals surface area (Å²) >= 11 is 1.81. The molecule has 0 saturated carbocycles. The van der Waals surface area contributed by atoms with E-state index >= 15 is 0 Å². The Hall–Kier alpha value is -2.61. The predicted molar refractivity (Wildman–Crippen MR) is 117 cm³/mol. The van der Waals surface area contributed by atoms with Gasteiger partial charge in [0.05, 0.1) is 11.5 Å². The highest BCUT2D eigenvalue weighted by molar-refractivity contribution is 7.14. The molecule has 1 aromatic carbocycles. The molecule has 0 spiro atoms. The van der Waals surface area contributed by atoms with Gasteiger partial charge in [-0.1, -0.05) is 0 Å². The van der Waals surface area contributed by atoms with Gasteiger partial charge in [-0.05, 0) is 49.4 Å². The van der Waals surface area contributed by atoms with Gasteiger partial charge in [0.15, 0.2) is 17.5 Å². The van der Waals surface area contributed by atoms with Crippen molar-refractivity contribution in [1.82, 2.24) is 10.6 Å². The van der Waals surface area contributed by atoms with Gasteiger partial charge >= 0.3 is 0 Å². The van der Waals surface area contributed by atoms with Crippen LogP contribution in [0, 0.1) is 0 Å². The lowest BCUT2D eigenvalue weighted by Crippen LogP contribution is -2.48. The van der Waals surface area contributed by atoms with Gasteiger partial charge < -0.3 is 29.7 Å². The summed E-state index contributed by atoms with van der Waals surface area (Å²) in [7, 11) is 0. The number of hydrogen-bond donors (Lipinski definition) is 2. The van der Waals surface area contributed by atoms with Gasteiger partial charge in [0, 0.05) is 31.7 Å². The Bertz CT molecular complexity index is 804. The van der Waals surface area contributed by atoms with Crippen LogP contribution in [0.1, 0.15) is 19.8 Å². The first-order valence-electron chi connectivity index (χ1n) is 10.2. The number of ether oxygens (including phenoxy) is 3. The number of anilines is 1. The molecular weight excluding hydrogens is 388 g/mol. The van der Waals surface area contributed by atoms with E-state index in [0.717, 1.165) is 55.7 Å². The van der Waals surface area contributed by atoms with Crippen molar-refractivity contribution in [2.24, 2.45) is 4.99 Å². The Kier molecular flexibility index (Phi) is 6.61. The normalized spacial score (nSPS) is 16.7. The van der Waals surface area contributed by atoms with Crippen LogP contribution in [0.2, 0.25) is 0 Å². The molecule has 2 N–H and O–H groups in total. The maximum atomic E-state index is 5.80. The van der Waals surface area contributed by atoms with Crippen LogP contribution < -0.4 is 29.7 Å². The predicted octanol–water partition coefficient (Wildman–Crippen LogP) is 3.08. The third kappa shape index (κ3) is 5.26. The molecular formula is C21H28N4O3S. The molecule has 1 saturated heterocycles. The molecule has 29 heavy (non-hydrogen) atoms. The number of hydrogen-bond acceptors (Lipinski definition) is 6. The quantitative estimate of drug-likeness (QED) is 0.411. The van der Waals surface area contributed by atoms with E-state index in [4.69, 9.17) is 14.2 Å². The van der Waals surface area contributed by atoms with Crippen LogP contribution in [0.4, 0.5) is 5.00 Å². The van der Waals surface area contributed by atoms with E-state index in [1.54, 1.807) is 0 Å². The minimum atomic E-state index is 0.271. The van der Waals surface area contributed by atoms with Crippen molar-refractivity contribution >= 4 is 22.3 Å². The number of thiophene rings is 1. The van der Waals surface area contributed by atoms with Crippen molar-refractivity contribution in [1.29, 1.82) is 0 Å². The number of nitrogens with one attached hydrogen (secondary N) is 2. The topological polar surface area (TPSA) is 67.4 Å². The number of piperidine rings is 1. The van der Waals surface area contributed by atoms with Crippen molar-refractivity contribution in [3.63, 3.8) is 0 Å². The average Bonchev–Trinajstić information content (AvgIpc) is 3.43. The smallest absolute Gasteiger partial charge is 0.231 e. The molecule has 156 valence electrons. The van der Waals surface area contributed by atoms with Crippen LogP contribution in [-0.2, 0) is 0 Å². The van der Waals surface area contributed by atoms with Gasteiger partial charge in [-0.3, -0.25) is 0 Å². The first kappa shape index (κ1) is 19.7. The Morgan fingerprint density at radius 3 is 2.90 bits per heavy atom. The van der Waals surface area contributed by atoms with E-state index in [1.807, 2.05) is 29.5 Å². The van der Waals surface area contributed by atoms with Gasteiger partial charge in [-0.2, -0.15) is 0 Å². The third-order valence-electron chi connectivity index (χ3n) is 4.97. The minimum Gasteiger partial charge on any atom is -0.492 e. The molecule has 7 nitrogen and oxygen atoms in total. The second-order valence-corrected chi connectivity index (χ2v) is 7.91.